The number of halogens is 2. The van der Waals surface area contributed by atoms with Gasteiger partial charge in [-0.15, -0.1) is 0 Å². The second-order valence-electron chi connectivity index (χ2n) is 6.02. The van der Waals surface area contributed by atoms with Gasteiger partial charge in [0.05, 0.1) is 11.0 Å². The number of nitro benzene ring substituents is 1. The molecule has 1 aromatic rings. The largest absolute Gasteiger partial charge is 0.352 e. The minimum absolute atomic E-state index is 0.0622. The molecule has 1 aromatic carbocycles. The van der Waals surface area contributed by atoms with Gasteiger partial charge in [0, 0.05) is 6.54 Å². The van der Waals surface area contributed by atoms with E-state index in [0.29, 0.717) is 12.1 Å². The Morgan fingerprint density at radius 1 is 1.33 bits per heavy atom. The molecule has 0 heterocycles. The molecule has 116 valence electrons. The maximum absolute atomic E-state index is 13.2. The minimum atomic E-state index is -1.36. The average Bonchev–Trinajstić information content (AvgIpc) is 2.36. The predicted octanol–water partition coefficient (Wildman–Crippen LogP) is 3.29. The zero-order chi connectivity index (χ0) is 16.4. The van der Waals surface area contributed by atoms with E-state index in [1.165, 1.54) is 0 Å². The van der Waals surface area contributed by atoms with Gasteiger partial charge in [-0.3, -0.25) is 14.9 Å². The number of nitrogens with one attached hydrogen (secondary N) is 1. The molecule has 1 rings (SSSR count). The Labute approximate surface area is 121 Å². The Morgan fingerprint density at radius 3 is 2.33 bits per heavy atom. The summed E-state index contributed by atoms with van der Waals surface area (Å²) < 4.78 is 26.2. The van der Waals surface area contributed by atoms with Gasteiger partial charge in [-0.25, -0.2) is 8.78 Å². The average molecular weight is 300 g/mol. The van der Waals surface area contributed by atoms with Crippen LogP contribution in [0.4, 0.5) is 14.5 Å². The van der Waals surface area contributed by atoms with E-state index >= 15 is 0 Å². The number of rotatable bonds is 4. The van der Waals surface area contributed by atoms with Crippen LogP contribution in [0.3, 0.4) is 0 Å². The lowest BCUT2D eigenvalue weighted by Crippen LogP contribution is -2.34. The monoisotopic (exact) mass is 300 g/mol. The third-order valence-corrected chi connectivity index (χ3v) is 3.53. The van der Waals surface area contributed by atoms with Crippen LogP contribution in [0, 0.1) is 33.1 Å². The number of nitro groups is 1. The van der Waals surface area contributed by atoms with E-state index in [2.05, 4.69) is 5.32 Å². The Morgan fingerprint density at radius 2 is 1.86 bits per heavy atom. The molecule has 0 aliphatic heterocycles. The molecule has 1 unspecified atom stereocenters. The molecular weight excluding hydrogens is 282 g/mol. The second kappa shape index (κ2) is 6.15. The highest BCUT2D eigenvalue weighted by Crippen LogP contribution is 2.25. The summed E-state index contributed by atoms with van der Waals surface area (Å²) in [6.07, 6.45) is 0. The summed E-state index contributed by atoms with van der Waals surface area (Å²) in [5, 5.41) is 13.3. The zero-order valence-corrected chi connectivity index (χ0v) is 12.4. The van der Waals surface area contributed by atoms with Gasteiger partial charge in [0.15, 0.2) is 11.6 Å². The van der Waals surface area contributed by atoms with E-state index in [9.17, 15) is 23.7 Å². The maximum atomic E-state index is 13.2. The first-order chi connectivity index (χ1) is 9.54. The SMILES string of the molecule is CC(CNC(=O)c1cc(F)c(F)cc1[N+](=O)[O-])C(C)(C)C. The first kappa shape index (κ1) is 17.0. The van der Waals surface area contributed by atoms with Crippen molar-refractivity contribution in [3.63, 3.8) is 0 Å². The second-order valence-corrected chi connectivity index (χ2v) is 6.02. The quantitative estimate of drug-likeness (QED) is 0.685. The standard InChI is InChI=1S/C14H18F2N2O3/c1-8(14(2,3)4)7-17-13(19)9-5-10(15)11(16)6-12(9)18(20)21/h5-6,8H,7H2,1-4H3,(H,17,19). The fourth-order valence-electron chi connectivity index (χ4n) is 1.52. The predicted molar refractivity (Wildman–Crippen MR) is 74.0 cm³/mol. The number of nitrogens with zero attached hydrogens (tertiary/aromatic N) is 1. The lowest BCUT2D eigenvalue weighted by molar-refractivity contribution is -0.385. The fourth-order valence-corrected chi connectivity index (χ4v) is 1.52. The summed E-state index contributed by atoms with van der Waals surface area (Å²) in [7, 11) is 0. The van der Waals surface area contributed by atoms with Crippen LogP contribution in [0.5, 0.6) is 0 Å². The van der Waals surface area contributed by atoms with Crippen LogP contribution in [-0.4, -0.2) is 17.4 Å². The van der Waals surface area contributed by atoms with Crippen LogP contribution in [0.15, 0.2) is 12.1 Å². The van der Waals surface area contributed by atoms with E-state index in [4.69, 9.17) is 0 Å². The number of hydrogen-bond donors (Lipinski definition) is 1. The molecule has 0 radical (unpaired) electrons. The van der Waals surface area contributed by atoms with Crippen molar-refractivity contribution in [2.75, 3.05) is 6.54 Å². The van der Waals surface area contributed by atoms with Crippen molar-refractivity contribution < 1.29 is 18.5 Å². The first-order valence-electron chi connectivity index (χ1n) is 6.45. The molecule has 1 N–H and O–H groups in total. The van der Waals surface area contributed by atoms with E-state index in [0.717, 1.165) is 0 Å². The lowest BCUT2D eigenvalue weighted by Gasteiger charge is -2.27. The first-order valence-corrected chi connectivity index (χ1v) is 6.45. The van der Waals surface area contributed by atoms with Crippen molar-refractivity contribution in [1.82, 2.24) is 5.32 Å². The highest BCUT2D eigenvalue weighted by Gasteiger charge is 2.25. The fraction of sp³-hybridized carbons (Fsp3) is 0.500. The smallest absolute Gasteiger partial charge is 0.285 e. The van der Waals surface area contributed by atoms with Gasteiger partial charge in [0.2, 0.25) is 0 Å². The van der Waals surface area contributed by atoms with Crippen LogP contribution in [-0.2, 0) is 0 Å². The number of carbonyl (C=O) groups excluding carboxylic acids is 1. The third kappa shape index (κ3) is 4.21. The minimum Gasteiger partial charge on any atom is -0.352 e. The van der Waals surface area contributed by atoms with Crippen molar-refractivity contribution in [1.29, 1.82) is 0 Å². The molecule has 21 heavy (non-hydrogen) atoms. The van der Waals surface area contributed by atoms with Crippen LogP contribution in [0.2, 0.25) is 0 Å². The van der Waals surface area contributed by atoms with Gasteiger partial charge in [-0.1, -0.05) is 27.7 Å². The van der Waals surface area contributed by atoms with Crippen molar-refractivity contribution in [3.05, 3.63) is 39.4 Å². The summed E-state index contributed by atoms with van der Waals surface area (Å²) in [5.74, 6) is -3.35. The molecule has 0 spiro atoms. The van der Waals surface area contributed by atoms with Crippen LogP contribution in [0.1, 0.15) is 38.1 Å². The molecule has 5 nitrogen and oxygen atoms in total. The maximum Gasteiger partial charge on any atom is 0.285 e. The number of benzene rings is 1. The molecule has 0 fully saturated rings. The van der Waals surface area contributed by atoms with Crippen molar-refractivity contribution in [2.45, 2.75) is 27.7 Å². The summed E-state index contributed by atoms with van der Waals surface area (Å²) in [5.41, 5.74) is -1.30. The summed E-state index contributed by atoms with van der Waals surface area (Å²) in [6.45, 7) is 8.16. The molecule has 1 amide bonds. The molecule has 0 bridgehead atoms. The highest BCUT2D eigenvalue weighted by atomic mass is 19.2. The van der Waals surface area contributed by atoms with Gasteiger partial charge >= 0.3 is 0 Å². The normalized spacial score (nSPS) is 12.9. The summed E-state index contributed by atoms with van der Waals surface area (Å²) in [6, 6.07) is 0.960. The number of hydrogen-bond acceptors (Lipinski definition) is 3. The van der Waals surface area contributed by atoms with E-state index in [1.54, 1.807) is 0 Å². The van der Waals surface area contributed by atoms with Crippen LogP contribution >= 0.6 is 0 Å². The Bertz CT molecular complexity index is 568. The lowest BCUT2D eigenvalue weighted by atomic mass is 9.82. The summed E-state index contributed by atoms with van der Waals surface area (Å²) >= 11 is 0. The number of carbonyl (C=O) groups is 1. The van der Waals surface area contributed by atoms with E-state index < -0.39 is 33.7 Å². The number of amides is 1. The van der Waals surface area contributed by atoms with Gasteiger partial charge in [-0.05, 0) is 17.4 Å². The molecule has 0 saturated heterocycles. The van der Waals surface area contributed by atoms with Crippen molar-refractivity contribution >= 4 is 11.6 Å². The summed E-state index contributed by atoms with van der Waals surface area (Å²) in [4.78, 5) is 21.9. The highest BCUT2D eigenvalue weighted by molar-refractivity contribution is 5.98. The third-order valence-electron chi connectivity index (χ3n) is 3.53. The molecule has 0 saturated carbocycles. The van der Waals surface area contributed by atoms with Crippen LogP contribution in [0.25, 0.3) is 0 Å². The molecule has 0 aliphatic rings. The topological polar surface area (TPSA) is 72.2 Å². The molecule has 7 heteroatoms. The van der Waals surface area contributed by atoms with Gasteiger partial charge in [-0.2, -0.15) is 0 Å². The zero-order valence-electron chi connectivity index (χ0n) is 12.4. The van der Waals surface area contributed by atoms with Gasteiger partial charge in [0.1, 0.15) is 5.56 Å². The molecular formula is C14H18F2N2O3. The van der Waals surface area contributed by atoms with E-state index in [1.807, 2.05) is 27.7 Å². The molecule has 0 aliphatic carbocycles. The Hall–Kier alpha value is -2.05. The van der Waals surface area contributed by atoms with Crippen molar-refractivity contribution in [2.24, 2.45) is 11.3 Å². The van der Waals surface area contributed by atoms with Crippen LogP contribution < -0.4 is 5.32 Å². The van der Waals surface area contributed by atoms with E-state index in [-0.39, 0.29) is 17.9 Å². The Kier molecular flexibility index (Phi) is 4.98. The molecule has 0 aromatic heterocycles. The van der Waals surface area contributed by atoms with Crippen molar-refractivity contribution in [3.8, 4) is 0 Å². The Balaban J connectivity index is 2.97. The van der Waals surface area contributed by atoms with Gasteiger partial charge < -0.3 is 5.32 Å². The molecule has 1 atom stereocenters. The van der Waals surface area contributed by atoms with Gasteiger partial charge in [0.25, 0.3) is 11.6 Å².